The molecule has 0 bridgehead atoms. The number of nitrogens with one attached hydrogen (secondary N) is 2. The Labute approximate surface area is 186 Å². The molecule has 2 aromatic rings. The molecular formula is C20H21F3IN3O3. The van der Waals surface area contributed by atoms with Crippen molar-refractivity contribution in [1.29, 1.82) is 0 Å². The van der Waals surface area contributed by atoms with Crippen molar-refractivity contribution in [3.8, 4) is 11.5 Å². The quantitative estimate of drug-likeness (QED) is 0.278. The Morgan fingerprint density at radius 3 is 2.57 bits per heavy atom. The number of hydrogen-bond donors (Lipinski definition) is 2. The van der Waals surface area contributed by atoms with Crippen LogP contribution in [-0.2, 0) is 11.0 Å². The Balaban J connectivity index is 1.96. The SMILES string of the molecule is CCOc1cc(/C=N\NC(=O)CNc2cccc(C(F)(F)F)c2)cc(I)c1OCC. The van der Waals surface area contributed by atoms with E-state index in [9.17, 15) is 18.0 Å². The third-order valence-electron chi connectivity index (χ3n) is 3.67. The second-order valence-corrected chi connectivity index (χ2v) is 7.08. The van der Waals surface area contributed by atoms with E-state index in [4.69, 9.17) is 9.47 Å². The van der Waals surface area contributed by atoms with Crippen LogP contribution in [0.5, 0.6) is 11.5 Å². The van der Waals surface area contributed by atoms with Gasteiger partial charge in [-0.25, -0.2) is 5.43 Å². The van der Waals surface area contributed by atoms with Crippen molar-refractivity contribution in [2.75, 3.05) is 25.1 Å². The number of anilines is 1. The minimum atomic E-state index is -4.44. The maximum Gasteiger partial charge on any atom is 0.416 e. The predicted molar refractivity (Wildman–Crippen MR) is 117 cm³/mol. The van der Waals surface area contributed by atoms with Crippen molar-refractivity contribution < 1.29 is 27.4 Å². The number of rotatable bonds is 9. The van der Waals surface area contributed by atoms with Gasteiger partial charge in [0.15, 0.2) is 11.5 Å². The van der Waals surface area contributed by atoms with E-state index in [1.807, 2.05) is 19.9 Å². The molecule has 2 N–H and O–H groups in total. The van der Waals surface area contributed by atoms with E-state index in [0.29, 0.717) is 30.3 Å². The van der Waals surface area contributed by atoms with E-state index >= 15 is 0 Å². The number of carbonyl (C=O) groups excluding carboxylic acids is 1. The topological polar surface area (TPSA) is 72.0 Å². The van der Waals surface area contributed by atoms with Crippen LogP contribution in [0.15, 0.2) is 41.5 Å². The van der Waals surface area contributed by atoms with Gasteiger partial charge in [-0.05, 0) is 72.3 Å². The van der Waals surface area contributed by atoms with E-state index in [1.54, 1.807) is 6.07 Å². The third-order valence-corrected chi connectivity index (χ3v) is 4.47. The number of amides is 1. The van der Waals surface area contributed by atoms with Crippen molar-refractivity contribution in [2.24, 2.45) is 5.10 Å². The molecule has 30 heavy (non-hydrogen) atoms. The van der Waals surface area contributed by atoms with Crippen molar-refractivity contribution >= 4 is 40.4 Å². The second kappa shape index (κ2) is 11.0. The van der Waals surface area contributed by atoms with E-state index < -0.39 is 17.6 Å². The number of alkyl halides is 3. The van der Waals surface area contributed by atoms with Crippen LogP contribution < -0.4 is 20.2 Å². The van der Waals surface area contributed by atoms with Gasteiger partial charge in [0.05, 0.1) is 35.1 Å². The first kappa shape index (κ1) is 23.8. The van der Waals surface area contributed by atoms with E-state index in [2.05, 4.69) is 38.4 Å². The lowest BCUT2D eigenvalue weighted by Gasteiger charge is -2.13. The van der Waals surface area contributed by atoms with Crippen LogP contribution in [0.25, 0.3) is 0 Å². The summed E-state index contributed by atoms with van der Waals surface area (Å²) in [6.07, 6.45) is -3.00. The zero-order valence-electron chi connectivity index (χ0n) is 16.3. The summed E-state index contributed by atoms with van der Waals surface area (Å²) in [5.74, 6) is 0.714. The lowest BCUT2D eigenvalue weighted by atomic mass is 10.2. The van der Waals surface area contributed by atoms with E-state index in [-0.39, 0.29) is 12.2 Å². The molecule has 1 amide bonds. The Morgan fingerprint density at radius 1 is 1.17 bits per heavy atom. The van der Waals surface area contributed by atoms with E-state index in [0.717, 1.165) is 15.7 Å². The second-order valence-electron chi connectivity index (χ2n) is 5.92. The van der Waals surface area contributed by atoms with Crippen LogP contribution >= 0.6 is 22.6 Å². The van der Waals surface area contributed by atoms with Crippen LogP contribution in [0.2, 0.25) is 0 Å². The number of hydrazone groups is 1. The normalized spacial score (nSPS) is 11.4. The maximum atomic E-state index is 12.7. The van der Waals surface area contributed by atoms with Gasteiger partial charge in [0.2, 0.25) is 0 Å². The first-order valence-electron chi connectivity index (χ1n) is 9.06. The van der Waals surface area contributed by atoms with Gasteiger partial charge in [-0.3, -0.25) is 4.79 Å². The molecule has 2 rings (SSSR count). The van der Waals surface area contributed by atoms with Gasteiger partial charge in [-0.15, -0.1) is 0 Å². The van der Waals surface area contributed by atoms with Gasteiger partial charge in [-0.1, -0.05) is 6.07 Å². The fraction of sp³-hybridized carbons (Fsp3) is 0.300. The number of carbonyl (C=O) groups is 1. The zero-order valence-corrected chi connectivity index (χ0v) is 18.5. The Hall–Kier alpha value is -2.50. The molecule has 0 fully saturated rings. The molecule has 162 valence electrons. The third kappa shape index (κ3) is 7.08. The summed E-state index contributed by atoms with van der Waals surface area (Å²) in [6, 6.07) is 8.18. The lowest BCUT2D eigenvalue weighted by Crippen LogP contribution is -2.26. The fourth-order valence-corrected chi connectivity index (χ4v) is 3.20. The van der Waals surface area contributed by atoms with Gasteiger partial charge >= 0.3 is 6.18 Å². The lowest BCUT2D eigenvalue weighted by molar-refractivity contribution is -0.137. The number of hydrogen-bond acceptors (Lipinski definition) is 5. The minimum Gasteiger partial charge on any atom is -0.490 e. The molecule has 0 unspecified atom stereocenters. The van der Waals surface area contributed by atoms with Crippen LogP contribution in [0.4, 0.5) is 18.9 Å². The molecule has 0 aliphatic heterocycles. The maximum absolute atomic E-state index is 12.7. The van der Waals surface area contributed by atoms with Crippen LogP contribution in [0.3, 0.4) is 0 Å². The van der Waals surface area contributed by atoms with Crippen LogP contribution in [-0.4, -0.2) is 31.9 Å². The molecule has 0 spiro atoms. The molecule has 0 saturated carbocycles. The van der Waals surface area contributed by atoms with Crippen molar-refractivity contribution in [1.82, 2.24) is 5.43 Å². The predicted octanol–water partition coefficient (Wildman–Crippen LogP) is 4.67. The van der Waals surface area contributed by atoms with Gasteiger partial charge in [0, 0.05) is 5.69 Å². The van der Waals surface area contributed by atoms with Crippen molar-refractivity contribution in [2.45, 2.75) is 20.0 Å². The Kier molecular flexibility index (Phi) is 8.75. The molecule has 0 heterocycles. The largest absolute Gasteiger partial charge is 0.490 e. The average molecular weight is 535 g/mol. The molecule has 0 saturated heterocycles. The minimum absolute atomic E-state index is 0.186. The zero-order chi connectivity index (χ0) is 22.1. The molecule has 10 heteroatoms. The van der Waals surface area contributed by atoms with Gasteiger partial charge < -0.3 is 14.8 Å². The number of benzene rings is 2. The highest BCUT2D eigenvalue weighted by Gasteiger charge is 2.30. The molecule has 2 aromatic carbocycles. The van der Waals surface area contributed by atoms with E-state index in [1.165, 1.54) is 18.3 Å². The standard InChI is InChI=1S/C20H21F3IN3O3/c1-3-29-17-9-13(8-16(24)19(17)30-4-2)11-26-27-18(28)12-25-15-7-5-6-14(10-15)20(21,22)23/h5-11,25H,3-4,12H2,1-2H3,(H,27,28)/b26-11-. The number of halogens is 4. The van der Waals surface area contributed by atoms with Crippen LogP contribution in [0.1, 0.15) is 25.0 Å². The highest BCUT2D eigenvalue weighted by Crippen LogP contribution is 2.34. The highest BCUT2D eigenvalue weighted by molar-refractivity contribution is 14.1. The molecule has 0 atom stereocenters. The number of nitrogens with zero attached hydrogens (tertiary/aromatic N) is 1. The number of ether oxygens (including phenoxy) is 2. The smallest absolute Gasteiger partial charge is 0.416 e. The van der Waals surface area contributed by atoms with Crippen molar-refractivity contribution in [3.05, 3.63) is 51.1 Å². The Morgan fingerprint density at radius 2 is 1.90 bits per heavy atom. The summed E-state index contributed by atoms with van der Waals surface area (Å²) in [5, 5.41) is 6.52. The monoisotopic (exact) mass is 535 g/mol. The summed E-state index contributed by atoms with van der Waals surface area (Å²) in [7, 11) is 0. The van der Waals surface area contributed by atoms with Gasteiger partial charge in [0.25, 0.3) is 5.91 Å². The molecule has 6 nitrogen and oxygen atoms in total. The summed E-state index contributed by atoms with van der Waals surface area (Å²) >= 11 is 2.12. The first-order valence-corrected chi connectivity index (χ1v) is 10.1. The molecule has 0 aromatic heterocycles. The highest BCUT2D eigenvalue weighted by atomic mass is 127. The average Bonchev–Trinajstić information content (AvgIpc) is 2.69. The fourth-order valence-electron chi connectivity index (χ4n) is 2.42. The molecule has 0 aliphatic carbocycles. The van der Waals surface area contributed by atoms with Crippen LogP contribution in [0, 0.1) is 3.57 Å². The Bertz CT molecular complexity index is 905. The van der Waals surface area contributed by atoms with Crippen molar-refractivity contribution in [3.63, 3.8) is 0 Å². The molecular weight excluding hydrogens is 514 g/mol. The van der Waals surface area contributed by atoms with Gasteiger partial charge in [0.1, 0.15) is 0 Å². The molecule has 0 radical (unpaired) electrons. The first-order chi connectivity index (χ1) is 14.2. The molecule has 0 aliphatic rings. The summed E-state index contributed by atoms with van der Waals surface area (Å²) in [6.45, 7) is 4.47. The van der Waals surface area contributed by atoms with Gasteiger partial charge in [-0.2, -0.15) is 18.3 Å². The summed E-state index contributed by atoms with van der Waals surface area (Å²) in [5.41, 5.74) is 2.42. The summed E-state index contributed by atoms with van der Waals surface area (Å²) < 4.78 is 50.2. The summed E-state index contributed by atoms with van der Waals surface area (Å²) in [4.78, 5) is 11.9.